The lowest BCUT2D eigenvalue weighted by Crippen LogP contribution is -2.62. The number of hydrogen-bond donors (Lipinski definition) is 1. The molecule has 0 spiro atoms. The monoisotopic (exact) mass is 376 g/mol. The maximum Gasteiger partial charge on any atom is 0.302 e. The molecule has 0 aliphatic heterocycles. The standard InChI is InChI=1S/C22H32O5/c1-11(2)15-18(24)16-13(27-12(3)23)10-14-21(4,5)8-7-9-22(14,6)17(16)20(26)19(15)25/h11,13-14,16-17,25H,7-10H2,1-6H3/t13-,14+,16-,17-,22+/m1/s1. The molecule has 0 radical (unpaired) electrons. The molecule has 1 N–H and O–H groups in total. The molecule has 150 valence electrons. The van der Waals surface area contributed by atoms with Crippen LogP contribution in [0, 0.1) is 34.5 Å². The van der Waals surface area contributed by atoms with Gasteiger partial charge in [-0.2, -0.15) is 0 Å². The number of esters is 1. The zero-order valence-corrected chi connectivity index (χ0v) is 17.3. The summed E-state index contributed by atoms with van der Waals surface area (Å²) >= 11 is 0. The van der Waals surface area contributed by atoms with Gasteiger partial charge in [0, 0.05) is 18.4 Å². The average molecular weight is 376 g/mol. The van der Waals surface area contributed by atoms with E-state index >= 15 is 0 Å². The fraction of sp³-hybridized carbons (Fsp3) is 0.773. The van der Waals surface area contributed by atoms with E-state index in [0.29, 0.717) is 6.42 Å². The highest BCUT2D eigenvalue weighted by molar-refractivity contribution is 6.13. The Morgan fingerprint density at radius 3 is 2.33 bits per heavy atom. The number of allylic oxidation sites excluding steroid dienone is 2. The van der Waals surface area contributed by atoms with E-state index < -0.39 is 23.9 Å². The summed E-state index contributed by atoms with van der Waals surface area (Å²) in [6.45, 7) is 11.4. The number of carbonyl (C=O) groups excluding carboxylic acids is 3. The molecule has 5 heteroatoms. The minimum absolute atomic E-state index is 0.0165. The highest BCUT2D eigenvalue weighted by Crippen LogP contribution is 2.63. The maximum atomic E-state index is 13.4. The smallest absolute Gasteiger partial charge is 0.302 e. The van der Waals surface area contributed by atoms with Crippen molar-refractivity contribution in [1.82, 2.24) is 0 Å². The van der Waals surface area contributed by atoms with Crippen LogP contribution >= 0.6 is 0 Å². The molecule has 5 nitrogen and oxygen atoms in total. The number of ether oxygens (including phenoxy) is 1. The van der Waals surface area contributed by atoms with E-state index in [-0.39, 0.29) is 45.6 Å². The van der Waals surface area contributed by atoms with Crippen molar-refractivity contribution in [2.45, 2.75) is 73.3 Å². The highest BCUT2D eigenvalue weighted by atomic mass is 16.5. The van der Waals surface area contributed by atoms with Crippen LogP contribution in [0.5, 0.6) is 0 Å². The van der Waals surface area contributed by atoms with Gasteiger partial charge in [0.15, 0.2) is 11.5 Å². The van der Waals surface area contributed by atoms with Crippen LogP contribution in [0.1, 0.15) is 67.2 Å². The second kappa shape index (κ2) is 6.46. The number of aliphatic hydroxyl groups excluding tert-OH is 1. The number of carbonyl (C=O) groups is 3. The number of Topliss-reactive ketones (excluding diaryl/α,β-unsaturated/α-hetero) is 2. The van der Waals surface area contributed by atoms with Crippen molar-refractivity contribution in [3.8, 4) is 0 Å². The van der Waals surface area contributed by atoms with Crippen molar-refractivity contribution in [1.29, 1.82) is 0 Å². The molecule has 27 heavy (non-hydrogen) atoms. The fourth-order valence-electron chi connectivity index (χ4n) is 6.38. The number of rotatable bonds is 2. The summed E-state index contributed by atoms with van der Waals surface area (Å²) in [6.07, 6.45) is 2.86. The van der Waals surface area contributed by atoms with Crippen LogP contribution in [0.25, 0.3) is 0 Å². The molecule has 0 amide bonds. The zero-order chi connectivity index (χ0) is 20.3. The molecule has 2 fully saturated rings. The molecular weight excluding hydrogens is 344 g/mol. The molecule has 0 aromatic rings. The van der Waals surface area contributed by atoms with Crippen molar-refractivity contribution >= 4 is 17.5 Å². The summed E-state index contributed by atoms with van der Waals surface area (Å²) in [5.74, 6) is -2.79. The zero-order valence-electron chi connectivity index (χ0n) is 17.3. The molecule has 0 aromatic heterocycles. The fourth-order valence-corrected chi connectivity index (χ4v) is 6.38. The summed E-state index contributed by atoms with van der Waals surface area (Å²) in [4.78, 5) is 38.5. The number of fused-ring (bicyclic) bond motifs is 3. The van der Waals surface area contributed by atoms with Crippen LogP contribution in [0.2, 0.25) is 0 Å². The number of hydrogen-bond acceptors (Lipinski definition) is 5. The third-order valence-electron chi connectivity index (χ3n) is 7.45. The Bertz CT molecular complexity index is 716. The first-order valence-corrected chi connectivity index (χ1v) is 10.1. The van der Waals surface area contributed by atoms with Gasteiger partial charge in [-0.3, -0.25) is 14.4 Å². The minimum Gasteiger partial charge on any atom is -0.504 e. The number of aliphatic hydroxyl groups is 1. The Kier molecular flexibility index (Phi) is 4.80. The van der Waals surface area contributed by atoms with Crippen molar-refractivity contribution in [3.63, 3.8) is 0 Å². The summed E-state index contributed by atoms with van der Waals surface area (Å²) in [5.41, 5.74) is -0.209. The van der Waals surface area contributed by atoms with Crippen molar-refractivity contribution in [3.05, 3.63) is 11.3 Å². The first-order valence-electron chi connectivity index (χ1n) is 10.1. The van der Waals surface area contributed by atoms with Gasteiger partial charge in [0.1, 0.15) is 6.10 Å². The van der Waals surface area contributed by atoms with Gasteiger partial charge in [0.05, 0.1) is 5.92 Å². The van der Waals surface area contributed by atoms with E-state index in [1.165, 1.54) is 6.92 Å². The van der Waals surface area contributed by atoms with Gasteiger partial charge in [-0.15, -0.1) is 0 Å². The third kappa shape index (κ3) is 2.94. The van der Waals surface area contributed by atoms with Gasteiger partial charge in [-0.05, 0) is 41.9 Å². The van der Waals surface area contributed by atoms with E-state index in [1.54, 1.807) is 13.8 Å². The Balaban J connectivity index is 2.18. The second-order valence-electron chi connectivity index (χ2n) is 9.93. The molecule has 0 unspecified atom stereocenters. The third-order valence-corrected chi connectivity index (χ3v) is 7.45. The van der Waals surface area contributed by atoms with Crippen LogP contribution in [0.15, 0.2) is 11.3 Å². The normalized spacial score (nSPS) is 38.5. The predicted molar refractivity (Wildman–Crippen MR) is 101 cm³/mol. The molecule has 5 atom stereocenters. The topological polar surface area (TPSA) is 80.7 Å². The number of ketones is 2. The van der Waals surface area contributed by atoms with E-state index in [9.17, 15) is 19.5 Å². The van der Waals surface area contributed by atoms with Crippen molar-refractivity contribution < 1.29 is 24.2 Å². The van der Waals surface area contributed by atoms with Gasteiger partial charge in [-0.25, -0.2) is 0 Å². The molecule has 3 aliphatic carbocycles. The van der Waals surface area contributed by atoms with E-state index in [0.717, 1.165) is 19.3 Å². The quantitative estimate of drug-likeness (QED) is 0.737. The summed E-state index contributed by atoms with van der Waals surface area (Å²) in [6, 6.07) is 0. The molecule has 0 aromatic carbocycles. The molecule has 3 rings (SSSR count). The molecule has 2 saturated carbocycles. The predicted octanol–water partition coefficient (Wildman–Crippen LogP) is 4.01. The highest BCUT2D eigenvalue weighted by Gasteiger charge is 2.64. The van der Waals surface area contributed by atoms with E-state index in [2.05, 4.69) is 20.8 Å². The second-order valence-corrected chi connectivity index (χ2v) is 9.93. The first kappa shape index (κ1) is 20.1. The lowest BCUT2D eigenvalue weighted by Gasteiger charge is -2.60. The largest absolute Gasteiger partial charge is 0.504 e. The van der Waals surface area contributed by atoms with Crippen LogP contribution in [-0.4, -0.2) is 28.7 Å². The van der Waals surface area contributed by atoms with Crippen LogP contribution in [-0.2, 0) is 19.1 Å². The molecule has 0 saturated heterocycles. The SMILES string of the molecule is CC(=O)O[C@@H]1C[C@H]2C(C)(C)CCC[C@]2(C)[C@H]2C(=O)C(O)=C(C(C)C)C(=O)[C@H]12. The molecule has 3 aliphatic rings. The minimum atomic E-state index is -0.690. The van der Waals surface area contributed by atoms with Gasteiger partial charge in [-0.1, -0.05) is 41.0 Å². The first-order chi connectivity index (χ1) is 12.4. The van der Waals surface area contributed by atoms with Crippen molar-refractivity contribution in [2.75, 3.05) is 0 Å². The van der Waals surface area contributed by atoms with Gasteiger partial charge in [0.25, 0.3) is 0 Å². The van der Waals surface area contributed by atoms with Gasteiger partial charge in [0.2, 0.25) is 5.78 Å². The van der Waals surface area contributed by atoms with Crippen molar-refractivity contribution in [2.24, 2.45) is 34.5 Å². The van der Waals surface area contributed by atoms with Gasteiger partial charge >= 0.3 is 5.97 Å². The van der Waals surface area contributed by atoms with E-state index in [4.69, 9.17) is 4.74 Å². The Morgan fingerprint density at radius 1 is 1.15 bits per heavy atom. The van der Waals surface area contributed by atoms with E-state index in [1.807, 2.05) is 0 Å². The summed E-state index contributed by atoms with van der Waals surface area (Å²) in [7, 11) is 0. The Hall–Kier alpha value is -1.65. The maximum absolute atomic E-state index is 13.4. The molecule has 0 bridgehead atoms. The lowest BCUT2D eigenvalue weighted by atomic mass is 9.43. The average Bonchev–Trinajstić information content (AvgIpc) is 2.52. The lowest BCUT2D eigenvalue weighted by molar-refractivity contribution is -0.184. The Labute approximate surface area is 161 Å². The Morgan fingerprint density at radius 2 is 1.78 bits per heavy atom. The molecule has 0 heterocycles. The van der Waals surface area contributed by atoms with Crippen LogP contribution < -0.4 is 0 Å². The summed E-state index contributed by atoms with van der Waals surface area (Å²) < 4.78 is 5.61. The van der Waals surface area contributed by atoms with Crippen LogP contribution in [0.3, 0.4) is 0 Å². The molecular formula is C22H32O5. The van der Waals surface area contributed by atoms with Gasteiger partial charge < -0.3 is 9.84 Å². The summed E-state index contributed by atoms with van der Waals surface area (Å²) in [5, 5.41) is 10.6. The van der Waals surface area contributed by atoms with Crippen LogP contribution in [0.4, 0.5) is 0 Å².